The first-order valence-electron chi connectivity index (χ1n) is 8.16. The summed E-state index contributed by atoms with van der Waals surface area (Å²) in [5.41, 5.74) is 6.51. The number of hydrogen-bond acceptors (Lipinski definition) is 6. The summed E-state index contributed by atoms with van der Waals surface area (Å²) in [5.74, 6) is 0.553. The van der Waals surface area contributed by atoms with Gasteiger partial charge in [-0.05, 0) is 32.9 Å². The SMILES string of the molecule is CC(C)(C)OC(=O)Nc1ccc(N)c(OCCN2CCOCC2)c1. The fourth-order valence-corrected chi connectivity index (χ4v) is 2.27. The third-order valence-corrected chi connectivity index (χ3v) is 3.43. The van der Waals surface area contributed by atoms with E-state index in [0.29, 0.717) is 23.7 Å². The highest BCUT2D eigenvalue weighted by atomic mass is 16.6. The van der Waals surface area contributed by atoms with Gasteiger partial charge in [0.05, 0.1) is 18.9 Å². The summed E-state index contributed by atoms with van der Waals surface area (Å²) in [7, 11) is 0. The predicted molar refractivity (Wildman–Crippen MR) is 93.5 cm³/mol. The molecule has 1 fully saturated rings. The number of nitrogen functional groups attached to an aromatic ring is 1. The number of nitrogens with zero attached hydrogens (tertiary/aromatic N) is 1. The zero-order chi connectivity index (χ0) is 17.6. The van der Waals surface area contributed by atoms with Gasteiger partial charge in [0, 0.05) is 31.4 Å². The second kappa shape index (κ2) is 8.21. The van der Waals surface area contributed by atoms with Crippen molar-refractivity contribution in [2.75, 3.05) is 50.5 Å². The maximum atomic E-state index is 11.8. The van der Waals surface area contributed by atoms with Crippen LogP contribution in [-0.4, -0.2) is 56.0 Å². The molecule has 0 spiro atoms. The van der Waals surface area contributed by atoms with E-state index in [9.17, 15) is 4.79 Å². The minimum atomic E-state index is -0.546. The van der Waals surface area contributed by atoms with Gasteiger partial charge in [0.15, 0.2) is 0 Å². The number of nitrogens with one attached hydrogen (secondary N) is 1. The Morgan fingerprint density at radius 1 is 1.33 bits per heavy atom. The highest BCUT2D eigenvalue weighted by Crippen LogP contribution is 2.26. The number of morpholine rings is 1. The molecule has 7 heteroatoms. The third-order valence-electron chi connectivity index (χ3n) is 3.43. The fraction of sp³-hybridized carbons (Fsp3) is 0.588. The second-order valence-electron chi connectivity index (χ2n) is 6.68. The van der Waals surface area contributed by atoms with Crippen LogP contribution in [0.5, 0.6) is 5.75 Å². The maximum absolute atomic E-state index is 11.8. The number of nitrogens with two attached hydrogens (primary N) is 1. The van der Waals surface area contributed by atoms with E-state index in [-0.39, 0.29) is 0 Å². The number of carbonyl (C=O) groups is 1. The van der Waals surface area contributed by atoms with Crippen LogP contribution in [0.25, 0.3) is 0 Å². The highest BCUT2D eigenvalue weighted by molar-refractivity contribution is 5.85. The average Bonchev–Trinajstić information content (AvgIpc) is 2.49. The summed E-state index contributed by atoms with van der Waals surface area (Å²) >= 11 is 0. The summed E-state index contributed by atoms with van der Waals surface area (Å²) in [6.45, 7) is 10.1. The van der Waals surface area contributed by atoms with Crippen molar-refractivity contribution >= 4 is 17.5 Å². The number of carbonyl (C=O) groups excluding carboxylic acids is 1. The zero-order valence-corrected chi connectivity index (χ0v) is 14.6. The molecule has 1 amide bonds. The summed E-state index contributed by atoms with van der Waals surface area (Å²) in [6.07, 6.45) is -0.508. The number of benzene rings is 1. The minimum absolute atomic E-state index is 0.508. The molecule has 1 aromatic carbocycles. The first-order valence-corrected chi connectivity index (χ1v) is 8.16. The van der Waals surface area contributed by atoms with Crippen molar-refractivity contribution in [3.8, 4) is 5.75 Å². The molecule has 134 valence electrons. The predicted octanol–water partition coefficient (Wildman–Crippen LogP) is 2.33. The van der Waals surface area contributed by atoms with Gasteiger partial charge in [-0.3, -0.25) is 10.2 Å². The van der Waals surface area contributed by atoms with Gasteiger partial charge in [0.25, 0.3) is 0 Å². The molecule has 2 rings (SSSR count). The van der Waals surface area contributed by atoms with Crippen LogP contribution in [0.4, 0.5) is 16.2 Å². The molecule has 0 atom stereocenters. The topological polar surface area (TPSA) is 86.0 Å². The van der Waals surface area contributed by atoms with Crippen LogP contribution >= 0.6 is 0 Å². The Bertz CT molecular complexity index is 551. The monoisotopic (exact) mass is 337 g/mol. The molecule has 1 saturated heterocycles. The van der Waals surface area contributed by atoms with Crippen LogP contribution in [0.1, 0.15) is 20.8 Å². The van der Waals surface area contributed by atoms with E-state index in [4.69, 9.17) is 19.9 Å². The van der Waals surface area contributed by atoms with Crippen LogP contribution in [-0.2, 0) is 9.47 Å². The second-order valence-corrected chi connectivity index (χ2v) is 6.68. The van der Waals surface area contributed by atoms with Gasteiger partial charge in [-0.15, -0.1) is 0 Å². The van der Waals surface area contributed by atoms with Crippen molar-refractivity contribution in [3.05, 3.63) is 18.2 Å². The van der Waals surface area contributed by atoms with Crippen molar-refractivity contribution in [1.29, 1.82) is 0 Å². The van der Waals surface area contributed by atoms with Gasteiger partial charge in [0.2, 0.25) is 0 Å². The molecule has 0 aliphatic carbocycles. The molecule has 0 saturated carbocycles. The van der Waals surface area contributed by atoms with Gasteiger partial charge < -0.3 is 19.9 Å². The fourth-order valence-electron chi connectivity index (χ4n) is 2.27. The molecule has 1 aromatic rings. The van der Waals surface area contributed by atoms with Crippen LogP contribution in [0.2, 0.25) is 0 Å². The molecule has 0 aromatic heterocycles. The van der Waals surface area contributed by atoms with Crippen LogP contribution < -0.4 is 15.8 Å². The number of hydrogen-bond donors (Lipinski definition) is 2. The number of anilines is 2. The van der Waals surface area contributed by atoms with Gasteiger partial charge >= 0.3 is 6.09 Å². The highest BCUT2D eigenvalue weighted by Gasteiger charge is 2.16. The van der Waals surface area contributed by atoms with Crippen LogP contribution in [0, 0.1) is 0 Å². The minimum Gasteiger partial charge on any atom is -0.490 e. The van der Waals surface area contributed by atoms with E-state index in [0.717, 1.165) is 32.8 Å². The molecular weight excluding hydrogens is 310 g/mol. The van der Waals surface area contributed by atoms with Crippen molar-refractivity contribution in [3.63, 3.8) is 0 Å². The lowest BCUT2D eigenvalue weighted by Gasteiger charge is -2.26. The van der Waals surface area contributed by atoms with E-state index >= 15 is 0 Å². The molecule has 3 N–H and O–H groups in total. The Labute approximate surface area is 143 Å². The van der Waals surface area contributed by atoms with Crippen molar-refractivity contribution < 1.29 is 19.0 Å². The standard InChI is InChI=1S/C17H27N3O4/c1-17(2,3)24-16(21)19-13-4-5-14(18)15(12-13)23-11-8-20-6-9-22-10-7-20/h4-5,12H,6-11,18H2,1-3H3,(H,19,21). The summed E-state index contributed by atoms with van der Waals surface area (Å²) < 4.78 is 16.3. The molecule has 24 heavy (non-hydrogen) atoms. The summed E-state index contributed by atoms with van der Waals surface area (Å²) in [5, 5.41) is 2.68. The Hall–Kier alpha value is -1.99. The first kappa shape index (κ1) is 18.4. The van der Waals surface area contributed by atoms with Crippen molar-refractivity contribution in [2.45, 2.75) is 26.4 Å². The largest absolute Gasteiger partial charge is 0.490 e. The lowest BCUT2D eigenvalue weighted by atomic mass is 10.2. The quantitative estimate of drug-likeness (QED) is 0.802. The van der Waals surface area contributed by atoms with Gasteiger partial charge in [-0.25, -0.2) is 4.79 Å². The Balaban J connectivity index is 1.87. The molecule has 0 bridgehead atoms. The normalized spacial score (nSPS) is 15.8. The van der Waals surface area contributed by atoms with E-state index in [1.165, 1.54) is 0 Å². The first-order chi connectivity index (χ1) is 11.3. The number of amides is 1. The van der Waals surface area contributed by atoms with Crippen molar-refractivity contribution in [1.82, 2.24) is 4.90 Å². The summed E-state index contributed by atoms with van der Waals surface area (Å²) in [4.78, 5) is 14.1. The molecule has 7 nitrogen and oxygen atoms in total. The smallest absolute Gasteiger partial charge is 0.412 e. The molecule has 0 unspecified atom stereocenters. The van der Waals surface area contributed by atoms with Gasteiger partial charge in [-0.1, -0.05) is 0 Å². The van der Waals surface area contributed by atoms with E-state index in [1.54, 1.807) is 18.2 Å². The molecular formula is C17H27N3O4. The van der Waals surface area contributed by atoms with E-state index in [2.05, 4.69) is 10.2 Å². The van der Waals surface area contributed by atoms with Gasteiger partial charge in [-0.2, -0.15) is 0 Å². The molecule has 1 aliphatic rings. The van der Waals surface area contributed by atoms with E-state index < -0.39 is 11.7 Å². The number of rotatable bonds is 5. The van der Waals surface area contributed by atoms with Crippen LogP contribution in [0.15, 0.2) is 18.2 Å². The molecule has 1 aliphatic heterocycles. The zero-order valence-electron chi connectivity index (χ0n) is 14.6. The Morgan fingerprint density at radius 2 is 2.04 bits per heavy atom. The Kier molecular flexibility index (Phi) is 6.28. The average molecular weight is 337 g/mol. The Morgan fingerprint density at radius 3 is 2.71 bits per heavy atom. The van der Waals surface area contributed by atoms with Crippen LogP contribution in [0.3, 0.4) is 0 Å². The lowest BCUT2D eigenvalue weighted by Crippen LogP contribution is -2.38. The number of ether oxygens (including phenoxy) is 3. The van der Waals surface area contributed by atoms with Gasteiger partial charge in [0.1, 0.15) is 18.0 Å². The summed E-state index contributed by atoms with van der Waals surface area (Å²) in [6, 6.07) is 5.13. The third kappa shape index (κ3) is 6.25. The molecule has 0 radical (unpaired) electrons. The lowest BCUT2D eigenvalue weighted by molar-refractivity contribution is 0.0323. The molecule has 1 heterocycles. The van der Waals surface area contributed by atoms with E-state index in [1.807, 2.05) is 20.8 Å². The maximum Gasteiger partial charge on any atom is 0.412 e. The van der Waals surface area contributed by atoms with Crippen molar-refractivity contribution in [2.24, 2.45) is 0 Å².